The number of benzene rings is 1. The van der Waals surface area contributed by atoms with E-state index in [2.05, 4.69) is 17.4 Å². The van der Waals surface area contributed by atoms with Crippen LogP contribution in [0.2, 0.25) is 0 Å². The summed E-state index contributed by atoms with van der Waals surface area (Å²) in [4.78, 5) is 0. The summed E-state index contributed by atoms with van der Waals surface area (Å²) in [6.45, 7) is 2.13. The van der Waals surface area contributed by atoms with Crippen molar-refractivity contribution in [3.8, 4) is 5.75 Å². The van der Waals surface area contributed by atoms with E-state index in [-0.39, 0.29) is 0 Å². The van der Waals surface area contributed by atoms with Crippen LogP contribution >= 0.6 is 0 Å². The van der Waals surface area contributed by atoms with Gasteiger partial charge in [0, 0.05) is 25.3 Å². The van der Waals surface area contributed by atoms with Crippen molar-refractivity contribution in [1.29, 1.82) is 0 Å². The summed E-state index contributed by atoms with van der Waals surface area (Å²) in [5.74, 6) is 0.972. The zero-order valence-electron chi connectivity index (χ0n) is 11.2. The van der Waals surface area contributed by atoms with Crippen LogP contribution in [0, 0.1) is 0 Å². The zero-order valence-corrected chi connectivity index (χ0v) is 11.2. The summed E-state index contributed by atoms with van der Waals surface area (Å²) in [7, 11) is 1.69. The lowest BCUT2D eigenvalue weighted by Crippen LogP contribution is -2.25. The molecule has 0 amide bonds. The molecule has 0 radical (unpaired) electrons. The van der Waals surface area contributed by atoms with Gasteiger partial charge in [-0.05, 0) is 18.9 Å². The van der Waals surface area contributed by atoms with E-state index >= 15 is 0 Å². The Hall–Kier alpha value is -1.06. The van der Waals surface area contributed by atoms with Crippen LogP contribution in [0.5, 0.6) is 5.75 Å². The molecule has 0 aromatic heterocycles. The maximum absolute atomic E-state index is 5.73. The minimum Gasteiger partial charge on any atom is -0.491 e. The molecule has 0 unspecified atom stereocenters. The lowest BCUT2D eigenvalue weighted by molar-refractivity contribution is 0.145. The number of hydrogen-bond donors (Lipinski definition) is 1. The first kappa shape index (κ1) is 13.4. The lowest BCUT2D eigenvalue weighted by Gasteiger charge is -2.15. The van der Waals surface area contributed by atoms with Gasteiger partial charge in [0.05, 0.1) is 6.61 Å². The first-order chi connectivity index (χ1) is 8.90. The van der Waals surface area contributed by atoms with Gasteiger partial charge in [-0.1, -0.05) is 31.0 Å². The molecule has 1 aromatic carbocycles. The Bertz CT molecular complexity index is 348. The van der Waals surface area contributed by atoms with Crippen molar-refractivity contribution in [3.05, 3.63) is 29.8 Å². The predicted octanol–water partition coefficient (Wildman–Crippen LogP) is 2.74. The van der Waals surface area contributed by atoms with Gasteiger partial charge in [-0.15, -0.1) is 0 Å². The van der Waals surface area contributed by atoms with E-state index in [9.17, 15) is 0 Å². The minimum atomic E-state index is 0.608. The third kappa shape index (κ3) is 4.00. The van der Waals surface area contributed by atoms with Gasteiger partial charge in [0.1, 0.15) is 12.4 Å². The van der Waals surface area contributed by atoms with Crippen molar-refractivity contribution in [2.45, 2.75) is 38.3 Å². The summed E-state index contributed by atoms with van der Waals surface area (Å²) in [6, 6.07) is 8.93. The Morgan fingerprint density at radius 3 is 2.72 bits per heavy atom. The van der Waals surface area contributed by atoms with Crippen molar-refractivity contribution in [1.82, 2.24) is 5.32 Å². The Kier molecular flexibility index (Phi) is 5.49. The topological polar surface area (TPSA) is 30.5 Å². The molecular formula is C15H23NO2. The molecule has 3 heteroatoms. The molecule has 0 saturated heterocycles. The van der Waals surface area contributed by atoms with E-state index in [1.54, 1.807) is 7.11 Å². The van der Waals surface area contributed by atoms with E-state index in [0.717, 1.165) is 12.3 Å². The molecular weight excluding hydrogens is 226 g/mol. The molecule has 1 N–H and O–H groups in total. The highest BCUT2D eigenvalue weighted by molar-refractivity contribution is 5.33. The van der Waals surface area contributed by atoms with E-state index < -0.39 is 0 Å². The minimum absolute atomic E-state index is 0.608. The Morgan fingerprint density at radius 1 is 1.17 bits per heavy atom. The molecule has 1 aliphatic rings. The van der Waals surface area contributed by atoms with Crippen molar-refractivity contribution in [2.24, 2.45) is 0 Å². The molecule has 1 fully saturated rings. The van der Waals surface area contributed by atoms with Gasteiger partial charge in [0.15, 0.2) is 0 Å². The van der Waals surface area contributed by atoms with Gasteiger partial charge in [-0.2, -0.15) is 0 Å². The maximum atomic E-state index is 5.73. The first-order valence-electron chi connectivity index (χ1n) is 6.83. The monoisotopic (exact) mass is 249 g/mol. The first-order valence-corrected chi connectivity index (χ1v) is 6.83. The average molecular weight is 249 g/mol. The fourth-order valence-corrected chi connectivity index (χ4v) is 2.41. The SMILES string of the molecule is COCCOc1ccccc1CNC1CCCC1. The highest BCUT2D eigenvalue weighted by Crippen LogP contribution is 2.21. The van der Waals surface area contributed by atoms with Gasteiger partial charge in [-0.3, -0.25) is 0 Å². The number of para-hydroxylation sites is 1. The van der Waals surface area contributed by atoms with Crippen LogP contribution in [0.3, 0.4) is 0 Å². The molecule has 1 aliphatic carbocycles. The molecule has 0 aliphatic heterocycles. The molecule has 0 bridgehead atoms. The van der Waals surface area contributed by atoms with E-state index in [1.165, 1.54) is 31.2 Å². The van der Waals surface area contributed by atoms with Crippen LogP contribution in [0.1, 0.15) is 31.2 Å². The Balaban J connectivity index is 1.85. The summed E-state index contributed by atoms with van der Waals surface area (Å²) in [5.41, 5.74) is 1.24. The normalized spacial score (nSPS) is 16.1. The summed E-state index contributed by atoms with van der Waals surface area (Å²) >= 11 is 0. The second kappa shape index (κ2) is 7.39. The van der Waals surface area contributed by atoms with Crippen molar-refractivity contribution >= 4 is 0 Å². The van der Waals surface area contributed by atoms with Crippen LogP contribution < -0.4 is 10.1 Å². The van der Waals surface area contributed by atoms with Crippen LogP contribution in [0.4, 0.5) is 0 Å². The van der Waals surface area contributed by atoms with Gasteiger partial charge in [0.2, 0.25) is 0 Å². The molecule has 2 rings (SSSR count). The molecule has 3 nitrogen and oxygen atoms in total. The van der Waals surface area contributed by atoms with Gasteiger partial charge < -0.3 is 14.8 Å². The maximum Gasteiger partial charge on any atom is 0.123 e. The highest BCUT2D eigenvalue weighted by atomic mass is 16.5. The van der Waals surface area contributed by atoms with Crippen molar-refractivity contribution in [3.63, 3.8) is 0 Å². The Labute approximate surface area is 109 Å². The molecule has 0 spiro atoms. The van der Waals surface area contributed by atoms with Crippen LogP contribution in [0.15, 0.2) is 24.3 Å². The largest absolute Gasteiger partial charge is 0.491 e. The number of ether oxygens (including phenoxy) is 2. The number of hydrogen-bond acceptors (Lipinski definition) is 3. The van der Waals surface area contributed by atoms with E-state index in [1.807, 2.05) is 12.1 Å². The molecule has 0 heterocycles. The number of rotatable bonds is 7. The van der Waals surface area contributed by atoms with Gasteiger partial charge >= 0.3 is 0 Å². The quantitative estimate of drug-likeness (QED) is 0.754. The second-order valence-corrected chi connectivity index (χ2v) is 4.81. The average Bonchev–Trinajstić information content (AvgIpc) is 2.91. The fourth-order valence-electron chi connectivity index (χ4n) is 2.41. The lowest BCUT2D eigenvalue weighted by atomic mass is 10.1. The van der Waals surface area contributed by atoms with Gasteiger partial charge in [0.25, 0.3) is 0 Å². The summed E-state index contributed by atoms with van der Waals surface area (Å²) in [5, 5.41) is 3.62. The van der Waals surface area contributed by atoms with Crippen molar-refractivity contribution < 1.29 is 9.47 Å². The van der Waals surface area contributed by atoms with Crippen LogP contribution in [-0.2, 0) is 11.3 Å². The standard InChI is InChI=1S/C15H23NO2/c1-17-10-11-18-15-9-5-2-6-13(15)12-16-14-7-3-4-8-14/h2,5-6,9,14,16H,3-4,7-8,10-12H2,1H3. The molecule has 1 aromatic rings. The number of methoxy groups -OCH3 is 1. The third-order valence-corrected chi connectivity index (χ3v) is 3.45. The van der Waals surface area contributed by atoms with Crippen molar-refractivity contribution in [2.75, 3.05) is 20.3 Å². The molecule has 1 saturated carbocycles. The summed E-state index contributed by atoms with van der Waals surface area (Å²) < 4.78 is 10.7. The highest BCUT2D eigenvalue weighted by Gasteiger charge is 2.14. The molecule has 100 valence electrons. The predicted molar refractivity (Wildman–Crippen MR) is 72.9 cm³/mol. The fraction of sp³-hybridized carbons (Fsp3) is 0.600. The van der Waals surface area contributed by atoms with E-state index in [4.69, 9.17) is 9.47 Å². The van der Waals surface area contributed by atoms with Crippen LogP contribution in [0.25, 0.3) is 0 Å². The molecule has 18 heavy (non-hydrogen) atoms. The summed E-state index contributed by atoms with van der Waals surface area (Å²) in [6.07, 6.45) is 5.35. The smallest absolute Gasteiger partial charge is 0.123 e. The third-order valence-electron chi connectivity index (χ3n) is 3.45. The Morgan fingerprint density at radius 2 is 1.94 bits per heavy atom. The second-order valence-electron chi connectivity index (χ2n) is 4.81. The van der Waals surface area contributed by atoms with Crippen LogP contribution in [-0.4, -0.2) is 26.4 Å². The number of nitrogens with one attached hydrogen (secondary N) is 1. The zero-order chi connectivity index (χ0) is 12.6. The van der Waals surface area contributed by atoms with Gasteiger partial charge in [-0.25, -0.2) is 0 Å². The van der Waals surface area contributed by atoms with E-state index in [0.29, 0.717) is 19.3 Å². The molecule has 0 atom stereocenters.